The number of hydrogen-bond acceptors (Lipinski definition) is 3. The van der Waals surface area contributed by atoms with E-state index in [4.69, 9.17) is 0 Å². The number of nitrogens with one attached hydrogen (secondary N) is 1. The highest BCUT2D eigenvalue weighted by atomic mass is 15.2. The minimum atomic E-state index is 0.643. The predicted octanol–water partition coefficient (Wildman–Crippen LogP) is 2.75. The van der Waals surface area contributed by atoms with Crippen LogP contribution in [-0.2, 0) is 0 Å². The number of anilines is 1. The van der Waals surface area contributed by atoms with E-state index in [1.807, 2.05) is 0 Å². The molecule has 0 bridgehead atoms. The van der Waals surface area contributed by atoms with E-state index in [1.165, 1.54) is 32.2 Å². The van der Waals surface area contributed by atoms with Gasteiger partial charge in [0.15, 0.2) is 0 Å². The number of aryl methyl sites for hydroxylation is 1. The molecule has 1 aliphatic heterocycles. The molecular weight excluding hydrogens is 222 g/mol. The van der Waals surface area contributed by atoms with Gasteiger partial charge in [0.05, 0.1) is 0 Å². The van der Waals surface area contributed by atoms with Crippen LogP contribution in [0.2, 0.25) is 0 Å². The number of hydrogen-bond donors (Lipinski definition) is 1. The smallest absolute Gasteiger partial charge is 0.128 e. The number of aromatic nitrogens is 1. The van der Waals surface area contributed by atoms with Gasteiger partial charge in [0, 0.05) is 24.8 Å². The first-order chi connectivity index (χ1) is 8.79. The molecule has 100 valence electrons. The maximum Gasteiger partial charge on any atom is 0.128 e. The molecule has 18 heavy (non-hydrogen) atoms. The van der Waals surface area contributed by atoms with E-state index in [9.17, 15) is 0 Å². The molecule has 1 unspecified atom stereocenters. The molecule has 0 aromatic carbocycles. The van der Waals surface area contributed by atoms with E-state index in [-0.39, 0.29) is 0 Å². The third-order valence-electron chi connectivity index (χ3n) is 3.58. The second kappa shape index (κ2) is 6.74. The number of pyridine rings is 1. The van der Waals surface area contributed by atoms with Gasteiger partial charge in [-0.2, -0.15) is 0 Å². The first kappa shape index (κ1) is 13.3. The van der Waals surface area contributed by atoms with Gasteiger partial charge in [-0.1, -0.05) is 19.4 Å². The Hall–Kier alpha value is -1.09. The lowest BCUT2D eigenvalue weighted by Crippen LogP contribution is -2.38. The monoisotopic (exact) mass is 247 g/mol. The zero-order valence-electron chi connectivity index (χ0n) is 11.7. The summed E-state index contributed by atoms with van der Waals surface area (Å²) in [6.07, 6.45) is 5.09. The SMILES string of the molecule is CCCCN(CC1CCCN1)c1cccc(C)n1. The van der Waals surface area contributed by atoms with Crippen LogP contribution >= 0.6 is 0 Å². The molecule has 0 aliphatic carbocycles. The molecule has 0 saturated carbocycles. The highest BCUT2D eigenvalue weighted by Crippen LogP contribution is 2.15. The van der Waals surface area contributed by atoms with Crippen LogP contribution < -0.4 is 10.2 Å². The largest absolute Gasteiger partial charge is 0.355 e. The average molecular weight is 247 g/mol. The van der Waals surface area contributed by atoms with Crippen LogP contribution in [-0.4, -0.2) is 30.7 Å². The van der Waals surface area contributed by atoms with Crippen molar-refractivity contribution in [2.24, 2.45) is 0 Å². The Morgan fingerprint density at radius 3 is 3.00 bits per heavy atom. The summed E-state index contributed by atoms with van der Waals surface area (Å²) in [6.45, 7) is 7.69. The molecule has 1 aromatic heterocycles. The van der Waals surface area contributed by atoms with Crippen molar-refractivity contribution < 1.29 is 0 Å². The second-order valence-electron chi connectivity index (χ2n) is 5.23. The van der Waals surface area contributed by atoms with Crippen molar-refractivity contribution in [2.45, 2.75) is 45.6 Å². The lowest BCUT2D eigenvalue weighted by Gasteiger charge is -2.27. The third kappa shape index (κ3) is 3.70. The molecule has 1 atom stereocenters. The van der Waals surface area contributed by atoms with Crippen molar-refractivity contribution in [3.05, 3.63) is 23.9 Å². The standard InChI is InChI=1S/C15H25N3/c1-3-4-11-18(12-14-8-6-10-16-14)15-9-5-7-13(2)17-15/h5,7,9,14,16H,3-4,6,8,10-12H2,1-2H3. The van der Waals surface area contributed by atoms with Gasteiger partial charge in [-0.25, -0.2) is 4.98 Å². The van der Waals surface area contributed by atoms with Gasteiger partial charge in [-0.15, -0.1) is 0 Å². The highest BCUT2D eigenvalue weighted by molar-refractivity contribution is 5.39. The maximum atomic E-state index is 4.67. The molecule has 1 fully saturated rings. The van der Waals surface area contributed by atoms with E-state index in [0.717, 1.165) is 24.6 Å². The molecule has 1 aromatic rings. The Bertz CT molecular complexity index is 359. The second-order valence-corrected chi connectivity index (χ2v) is 5.23. The van der Waals surface area contributed by atoms with Gasteiger partial charge < -0.3 is 10.2 Å². The van der Waals surface area contributed by atoms with E-state index in [0.29, 0.717) is 6.04 Å². The van der Waals surface area contributed by atoms with Crippen molar-refractivity contribution in [1.82, 2.24) is 10.3 Å². The van der Waals surface area contributed by atoms with Crippen molar-refractivity contribution in [3.8, 4) is 0 Å². The summed E-state index contributed by atoms with van der Waals surface area (Å²) < 4.78 is 0. The van der Waals surface area contributed by atoms with E-state index in [2.05, 4.69) is 47.2 Å². The molecule has 3 nitrogen and oxygen atoms in total. The van der Waals surface area contributed by atoms with E-state index >= 15 is 0 Å². The molecule has 2 rings (SSSR count). The van der Waals surface area contributed by atoms with Crippen LogP contribution in [0.25, 0.3) is 0 Å². The normalized spacial score (nSPS) is 19.1. The molecule has 1 aliphatic rings. The van der Waals surface area contributed by atoms with Crippen molar-refractivity contribution in [3.63, 3.8) is 0 Å². The van der Waals surface area contributed by atoms with Gasteiger partial charge in [0.2, 0.25) is 0 Å². The van der Waals surface area contributed by atoms with Crippen LogP contribution in [0.4, 0.5) is 5.82 Å². The molecule has 1 saturated heterocycles. The Balaban J connectivity index is 2.03. The van der Waals surface area contributed by atoms with Gasteiger partial charge in [0.1, 0.15) is 5.82 Å². The Morgan fingerprint density at radius 2 is 2.33 bits per heavy atom. The van der Waals surface area contributed by atoms with E-state index in [1.54, 1.807) is 0 Å². The lowest BCUT2D eigenvalue weighted by molar-refractivity contribution is 0.569. The number of nitrogens with zero attached hydrogens (tertiary/aromatic N) is 2. The molecule has 0 radical (unpaired) electrons. The Kier molecular flexibility index (Phi) is 5.00. The maximum absolute atomic E-state index is 4.67. The Labute approximate surface area is 111 Å². The molecule has 2 heterocycles. The van der Waals surface area contributed by atoms with Crippen molar-refractivity contribution >= 4 is 5.82 Å². The topological polar surface area (TPSA) is 28.2 Å². The number of unbranched alkanes of at least 4 members (excludes halogenated alkanes) is 1. The molecule has 0 amide bonds. The van der Waals surface area contributed by atoms with Crippen LogP contribution in [0, 0.1) is 6.92 Å². The summed E-state index contributed by atoms with van der Waals surface area (Å²) >= 11 is 0. The third-order valence-corrected chi connectivity index (χ3v) is 3.58. The van der Waals surface area contributed by atoms with Crippen LogP contribution in [0.15, 0.2) is 18.2 Å². The van der Waals surface area contributed by atoms with Crippen LogP contribution in [0.5, 0.6) is 0 Å². The Morgan fingerprint density at radius 1 is 1.44 bits per heavy atom. The highest BCUT2D eigenvalue weighted by Gasteiger charge is 2.18. The number of rotatable bonds is 6. The average Bonchev–Trinajstić information content (AvgIpc) is 2.87. The molecule has 3 heteroatoms. The zero-order valence-corrected chi connectivity index (χ0v) is 11.7. The summed E-state index contributed by atoms with van der Waals surface area (Å²) in [7, 11) is 0. The first-order valence-corrected chi connectivity index (χ1v) is 7.21. The zero-order chi connectivity index (χ0) is 12.8. The van der Waals surface area contributed by atoms with Crippen molar-refractivity contribution in [2.75, 3.05) is 24.5 Å². The van der Waals surface area contributed by atoms with Gasteiger partial charge >= 0.3 is 0 Å². The van der Waals surface area contributed by atoms with Crippen LogP contribution in [0.3, 0.4) is 0 Å². The van der Waals surface area contributed by atoms with E-state index < -0.39 is 0 Å². The fourth-order valence-electron chi connectivity index (χ4n) is 2.53. The summed E-state index contributed by atoms with van der Waals surface area (Å²) in [4.78, 5) is 7.11. The summed E-state index contributed by atoms with van der Waals surface area (Å²) in [5, 5.41) is 3.58. The fraction of sp³-hybridized carbons (Fsp3) is 0.667. The van der Waals surface area contributed by atoms with Crippen molar-refractivity contribution in [1.29, 1.82) is 0 Å². The summed E-state index contributed by atoms with van der Waals surface area (Å²) in [6, 6.07) is 6.95. The molecule has 0 spiro atoms. The first-order valence-electron chi connectivity index (χ1n) is 7.21. The van der Waals surface area contributed by atoms with Crippen LogP contribution in [0.1, 0.15) is 38.3 Å². The fourth-order valence-corrected chi connectivity index (χ4v) is 2.53. The molecular formula is C15H25N3. The summed E-state index contributed by atoms with van der Waals surface area (Å²) in [5.41, 5.74) is 1.10. The predicted molar refractivity (Wildman–Crippen MR) is 77.1 cm³/mol. The molecule has 1 N–H and O–H groups in total. The lowest BCUT2D eigenvalue weighted by atomic mass is 10.2. The summed E-state index contributed by atoms with van der Waals surface area (Å²) in [5.74, 6) is 1.14. The minimum Gasteiger partial charge on any atom is -0.355 e. The minimum absolute atomic E-state index is 0.643. The quantitative estimate of drug-likeness (QED) is 0.838. The van der Waals surface area contributed by atoms with Gasteiger partial charge in [-0.05, 0) is 44.9 Å². The van der Waals surface area contributed by atoms with Gasteiger partial charge in [0.25, 0.3) is 0 Å². The van der Waals surface area contributed by atoms with Gasteiger partial charge in [-0.3, -0.25) is 0 Å².